The topological polar surface area (TPSA) is 76.2 Å². The zero-order valence-electron chi connectivity index (χ0n) is 16.8. The number of carbonyl (C=O) groups is 1. The van der Waals surface area contributed by atoms with Gasteiger partial charge in [0.2, 0.25) is 0 Å². The van der Waals surface area contributed by atoms with Crippen molar-refractivity contribution in [3.05, 3.63) is 78.1 Å². The van der Waals surface area contributed by atoms with Crippen LogP contribution in [0.25, 0.3) is 0 Å². The van der Waals surface area contributed by atoms with E-state index in [1.54, 1.807) is 24.3 Å². The molecule has 0 saturated heterocycles. The molecule has 1 aliphatic rings. The summed E-state index contributed by atoms with van der Waals surface area (Å²) in [5, 5.41) is 0. The second kappa shape index (κ2) is 7.92. The molecule has 0 N–H and O–H groups in total. The number of hydrogen-bond donors (Lipinski definition) is 0. The number of carbonyl (C=O) groups excluding carboxylic acids is 1. The minimum Gasteiger partial charge on any atom is -0.493 e. The molecule has 3 aromatic rings. The Kier molecular flexibility index (Phi) is 5.28. The molecule has 3 aromatic carbocycles. The first-order valence-electron chi connectivity index (χ1n) is 9.29. The summed E-state index contributed by atoms with van der Waals surface area (Å²) in [7, 11) is -1.32. The minimum absolute atomic E-state index is 0.00703. The number of para-hydroxylation sites is 1. The molecule has 0 aliphatic carbocycles. The van der Waals surface area contributed by atoms with Crippen LogP contribution >= 0.6 is 0 Å². The number of halogens is 1. The van der Waals surface area contributed by atoms with E-state index in [9.17, 15) is 17.6 Å². The van der Waals surface area contributed by atoms with E-state index in [1.165, 1.54) is 61.6 Å². The van der Waals surface area contributed by atoms with Gasteiger partial charge in [-0.3, -0.25) is 4.90 Å². The summed E-state index contributed by atoms with van der Waals surface area (Å²) in [6.07, 6.45) is 0. The number of methoxy groups -OCH3 is 2. The van der Waals surface area contributed by atoms with Crippen LogP contribution in [0.15, 0.2) is 71.6 Å². The van der Waals surface area contributed by atoms with Gasteiger partial charge >= 0.3 is 6.03 Å². The SMILES string of the molecule is COc1ccc(N2C(=O)N(Cc3cccc(F)c3)c3ccccc3S2(=O)=O)cc1OC. The second-order valence-corrected chi connectivity index (χ2v) is 8.53. The maximum absolute atomic E-state index is 13.7. The van der Waals surface area contributed by atoms with Crippen molar-refractivity contribution in [3.63, 3.8) is 0 Å². The maximum atomic E-state index is 13.7. The highest BCUT2D eigenvalue weighted by Crippen LogP contribution is 2.40. The number of nitrogens with zero attached hydrogens (tertiary/aromatic N) is 2. The molecule has 4 rings (SSSR count). The fourth-order valence-electron chi connectivity index (χ4n) is 3.48. The quantitative estimate of drug-likeness (QED) is 0.593. The van der Waals surface area contributed by atoms with Gasteiger partial charge in [0, 0.05) is 6.07 Å². The van der Waals surface area contributed by atoms with Crippen molar-refractivity contribution in [2.75, 3.05) is 23.4 Å². The summed E-state index contributed by atoms with van der Waals surface area (Å²) in [6.45, 7) is -0.00703. The van der Waals surface area contributed by atoms with E-state index >= 15 is 0 Å². The van der Waals surface area contributed by atoms with Gasteiger partial charge in [-0.25, -0.2) is 17.6 Å². The molecule has 0 spiro atoms. The molecule has 2 amide bonds. The van der Waals surface area contributed by atoms with E-state index in [4.69, 9.17) is 9.47 Å². The van der Waals surface area contributed by atoms with Gasteiger partial charge in [-0.1, -0.05) is 24.3 Å². The number of benzene rings is 3. The molecule has 9 heteroatoms. The largest absolute Gasteiger partial charge is 0.493 e. The number of hydrogen-bond acceptors (Lipinski definition) is 5. The number of urea groups is 1. The molecule has 0 atom stereocenters. The van der Waals surface area contributed by atoms with E-state index in [2.05, 4.69) is 0 Å². The highest BCUT2D eigenvalue weighted by Gasteiger charge is 2.42. The normalized spacial score (nSPS) is 14.9. The van der Waals surface area contributed by atoms with Crippen molar-refractivity contribution in [2.45, 2.75) is 11.4 Å². The molecule has 0 radical (unpaired) electrons. The first-order valence-corrected chi connectivity index (χ1v) is 10.7. The average Bonchev–Trinajstić information content (AvgIpc) is 2.76. The third-order valence-corrected chi connectivity index (χ3v) is 6.66. The second-order valence-electron chi connectivity index (χ2n) is 6.78. The lowest BCUT2D eigenvalue weighted by molar-refractivity contribution is 0.253. The zero-order valence-corrected chi connectivity index (χ0v) is 17.6. The third kappa shape index (κ3) is 3.57. The number of sulfonamides is 1. The van der Waals surface area contributed by atoms with Crippen LogP contribution in [0.3, 0.4) is 0 Å². The van der Waals surface area contributed by atoms with Crippen molar-refractivity contribution in [2.24, 2.45) is 0 Å². The molecule has 0 aromatic heterocycles. The molecule has 31 heavy (non-hydrogen) atoms. The molecule has 1 heterocycles. The Labute approximate surface area is 179 Å². The van der Waals surface area contributed by atoms with Gasteiger partial charge in [-0.2, -0.15) is 4.31 Å². The van der Waals surface area contributed by atoms with Crippen LogP contribution in [-0.2, 0) is 16.6 Å². The summed E-state index contributed by atoms with van der Waals surface area (Å²) in [5.74, 6) is 0.225. The molecule has 0 saturated carbocycles. The Morgan fingerprint density at radius 1 is 0.903 bits per heavy atom. The molecule has 160 valence electrons. The van der Waals surface area contributed by atoms with E-state index in [1.807, 2.05) is 0 Å². The predicted molar refractivity (Wildman–Crippen MR) is 114 cm³/mol. The van der Waals surface area contributed by atoms with Crippen LogP contribution in [0.2, 0.25) is 0 Å². The molecular weight excluding hydrogens is 423 g/mol. The van der Waals surface area contributed by atoms with Crippen molar-refractivity contribution >= 4 is 27.4 Å². The van der Waals surface area contributed by atoms with Gasteiger partial charge in [0.25, 0.3) is 10.0 Å². The highest BCUT2D eigenvalue weighted by molar-refractivity contribution is 7.94. The van der Waals surface area contributed by atoms with Crippen molar-refractivity contribution < 1.29 is 27.1 Å². The molecule has 7 nitrogen and oxygen atoms in total. The molecule has 0 unspecified atom stereocenters. The molecule has 1 aliphatic heterocycles. The lowest BCUT2D eigenvalue weighted by Gasteiger charge is -2.36. The lowest BCUT2D eigenvalue weighted by Crippen LogP contribution is -2.50. The van der Waals surface area contributed by atoms with Gasteiger partial charge in [0.1, 0.15) is 10.7 Å². The Hall–Kier alpha value is -3.59. The highest BCUT2D eigenvalue weighted by atomic mass is 32.2. The monoisotopic (exact) mass is 442 g/mol. The van der Waals surface area contributed by atoms with Gasteiger partial charge in [0.15, 0.2) is 11.5 Å². The summed E-state index contributed by atoms with van der Waals surface area (Å²) < 4.78 is 51.6. The Morgan fingerprint density at radius 3 is 2.35 bits per heavy atom. The minimum atomic E-state index is -4.19. The summed E-state index contributed by atoms with van der Waals surface area (Å²) in [6, 6.07) is 15.6. The fraction of sp³-hybridized carbons (Fsp3) is 0.136. The van der Waals surface area contributed by atoms with E-state index in [0.29, 0.717) is 11.3 Å². The summed E-state index contributed by atoms with van der Waals surface area (Å²) in [4.78, 5) is 14.7. The zero-order chi connectivity index (χ0) is 22.2. The number of ether oxygens (including phenoxy) is 2. The first-order chi connectivity index (χ1) is 14.9. The first kappa shape index (κ1) is 20.7. The van der Waals surface area contributed by atoms with Gasteiger partial charge < -0.3 is 9.47 Å². The molecule has 0 bridgehead atoms. The van der Waals surface area contributed by atoms with E-state index in [-0.39, 0.29) is 28.6 Å². The van der Waals surface area contributed by atoms with E-state index < -0.39 is 21.9 Å². The fourth-order valence-corrected chi connectivity index (χ4v) is 5.07. The average molecular weight is 442 g/mol. The predicted octanol–water partition coefficient (Wildman–Crippen LogP) is 4.18. The Bertz CT molecular complexity index is 1260. The number of amides is 2. The van der Waals surface area contributed by atoms with Crippen LogP contribution < -0.4 is 18.7 Å². The summed E-state index contributed by atoms with van der Waals surface area (Å²) in [5.41, 5.74) is 0.851. The van der Waals surface area contributed by atoms with Crippen molar-refractivity contribution in [1.82, 2.24) is 0 Å². The van der Waals surface area contributed by atoms with E-state index in [0.717, 1.165) is 4.31 Å². The Morgan fingerprint density at radius 2 is 1.65 bits per heavy atom. The van der Waals surface area contributed by atoms with Crippen LogP contribution in [0, 0.1) is 5.82 Å². The van der Waals surface area contributed by atoms with Crippen LogP contribution in [0.1, 0.15) is 5.56 Å². The lowest BCUT2D eigenvalue weighted by atomic mass is 10.2. The third-order valence-electron chi connectivity index (χ3n) is 4.91. The number of rotatable bonds is 5. The van der Waals surface area contributed by atoms with Crippen molar-refractivity contribution in [3.8, 4) is 11.5 Å². The van der Waals surface area contributed by atoms with Crippen LogP contribution in [-0.4, -0.2) is 28.7 Å². The maximum Gasteiger partial charge on any atom is 0.343 e. The van der Waals surface area contributed by atoms with Gasteiger partial charge in [-0.05, 0) is 42.0 Å². The standard InChI is InChI=1S/C22H19FN2O5S/c1-29-19-11-10-17(13-20(19)30-2)25-22(26)24(14-15-6-5-7-16(23)12-15)18-8-3-4-9-21(18)31(25,27)28/h3-13H,14H2,1-2H3. The number of fused-ring (bicyclic) bond motifs is 1. The summed E-state index contributed by atoms with van der Waals surface area (Å²) >= 11 is 0. The van der Waals surface area contributed by atoms with Gasteiger partial charge in [0.05, 0.1) is 32.1 Å². The van der Waals surface area contributed by atoms with Crippen molar-refractivity contribution in [1.29, 1.82) is 0 Å². The Balaban J connectivity index is 1.86. The molecular formula is C22H19FN2O5S. The number of anilines is 2. The molecule has 0 fully saturated rings. The van der Waals surface area contributed by atoms with Crippen LogP contribution in [0.4, 0.5) is 20.6 Å². The van der Waals surface area contributed by atoms with Gasteiger partial charge in [-0.15, -0.1) is 0 Å². The smallest absolute Gasteiger partial charge is 0.343 e. The van der Waals surface area contributed by atoms with Crippen LogP contribution in [0.5, 0.6) is 11.5 Å².